The topological polar surface area (TPSA) is 234 Å². The summed E-state index contributed by atoms with van der Waals surface area (Å²) in [7, 11) is 0. The van der Waals surface area contributed by atoms with Crippen molar-refractivity contribution in [3.63, 3.8) is 0 Å². The van der Waals surface area contributed by atoms with Gasteiger partial charge in [0, 0.05) is 5.41 Å². The number of fused-ring (bicyclic) bond motifs is 3. The summed E-state index contributed by atoms with van der Waals surface area (Å²) < 4.78 is 0. The number of ketones is 2. The maximum absolute atomic E-state index is 14.4. The standard InChI is InChI=1S/C31H37N3O9/c1-12(2)20-24(37)19(27(32)40)25(38)31(43)26(39)21-23(36)18-16(10-29(21,3)11-30(20,31)4)15(9-17(34-33)22(18)35)13-6-5-7-14(8-13)28(41)42/h5-9,12,19-21,24,26,34-35,37,39,43H,10-11,33H2,1-4H3,(H2,32,40)(H,41,42)/t19-,20+,21-,24?,26?,29-,30-,31+/m1/s1. The highest BCUT2D eigenvalue weighted by Gasteiger charge is 2.76. The van der Waals surface area contributed by atoms with Crippen molar-refractivity contribution >= 4 is 29.1 Å². The van der Waals surface area contributed by atoms with Crippen molar-refractivity contribution < 1.29 is 44.7 Å². The molecular formula is C31H37N3O9. The SMILES string of the molecule is CC(C)[C@H]1C(O)[C@@H](C(N)=O)C(=O)[C@]2(O)C(O)[C@H]3C(=O)c4c(O)c(NN)cc(-c5cccc(C(=O)O)c5)c4C[C@]3(C)C[C@]12C. The third kappa shape index (κ3) is 3.97. The molecule has 12 heteroatoms. The van der Waals surface area contributed by atoms with E-state index in [1.54, 1.807) is 39.8 Å². The van der Waals surface area contributed by atoms with Gasteiger partial charge in [-0.2, -0.15) is 0 Å². The monoisotopic (exact) mass is 595 g/mol. The van der Waals surface area contributed by atoms with Crippen LogP contribution < -0.4 is 17.0 Å². The number of nitrogens with one attached hydrogen (secondary N) is 1. The van der Waals surface area contributed by atoms with Crippen molar-refractivity contribution in [3.8, 4) is 16.9 Å². The average molecular weight is 596 g/mol. The van der Waals surface area contributed by atoms with E-state index in [4.69, 9.17) is 11.6 Å². The number of carbonyl (C=O) groups excluding carboxylic acids is 3. The number of primary amides is 1. The summed E-state index contributed by atoms with van der Waals surface area (Å²) in [5.74, 6) is -3.51. The Morgan fingerprint density at radius 2 is 1.77 bits per heavy atom. The van der Waals surface area contributed by atoms with Gasteiger partial charge in [0.15, 0.2) is 22.9 Å². The quantitative estimate of drug-likeness (QED) is 0.106. The second kappa shape index (κ2) is 9.84. The van der Waals surface area contributed by atoms with Gasteiger partial charge in [-0.3, -0.25) is 20.2 Å². The highest BCUT2D eigenvalue weighted by atomic mass is 16.4. The molecule has 8 atom stereocenters. The maximum atomic E-state index is 14.4. The Bertz CT molecular complexity index is 1570. The molecule has 0 heterocycles. The Labute approximate surface area is 247 Å². The van der Waals surface area contributed by atoms with Gasteiger partial charge in [-0.05, 0) is 65.0 Å². The molecule has 0 aromatic heterocycles. The second-order valence-corrected chi connectivity index (χ2v) is 13.2. The van der Waals surface area contributed by atoms with Crippen molar-refractivity contribution in [1.82, 2.24) is 0 Å². The molecule has 1 amide bonds. The van der Waals surface area contributed by atoms with Gasteiger partial charge < -0.3 is 36.7 Å². The average Bonchev–Trinajstić information content (AvgIpc) is 2.90. The zero-order chi connectivity index (χ0) is 32.0. The van der Waals surface area contributed by atoms with Crippen LogP contribution in [0, 0.1) is 34.5 Å². The first-order valence-corrected chi connectivity index (χ1v) is 14.1. The number of rotatable bonds is 5. The summed E-state index contributed by atoms with van der Waals surface area (Å²) in [6.45, 7) is 6.85. The third-order valence-corrected chi connectivity index (χ3v) is 10.4. The number of aromatic hydroxyl groups is 1. The van der Waals surface area contributed by atoms with Gasteiger partial charge >= 0.3 is 5.97 Å². The van der Waals surface area contributed by atoms with Gasteiger partial charge in [-0.15, -0.1) is 0 Å². The summed E-state index contributed by atoms with van der Waals surface area (Å²) in [6.07, 6.45) is -3.51. The van der Waals surface area contributed by atoms with Gasteiger partial charge in [-0.1, -0.05) is 39.8 Å². The number of nitrogens with two attached hydrogens (primary N) is 2. The Hall–Kier alpha value is -3.84. The smallest absolute Gasteiger partial charge is 0.335 e. The van der Waals surface area contributed by atoms with E-state index in [0.29, 0.717) is 16.7 Å². The Morgan fingerprint density at radius 3 is 2.33 bits per heavy atom. The lowest BCUT2D eigenvalue weighted by Gasteiger charge is -2.66. The number of aliphatic hydroxyl groups is 3. The molecule has 43 heavy (non-hydrogen) atoms. The molecule has 0 bridgehead atoms. The van der Waals surface area contributed by atoms with E-state index in [1.165, 1.54) is 18.2 Å². The first-order chi connectivity index (χ1) is 20.0. The highest BCUT2D eigenvalue weighted by molar-refractivity contribution is 6.10. The first kappa shape index (κ1) is 30.6. The molecule has 230 valence electrons. The first-order valence-electron chi connectivity index (χ1n) is 14.1. The van der Waals surface area contributed by atoms with E-state index in [0.717, 1.165) is 0 Å². The largest absolute Gasteiger partial charge is 0.505 e. The van der Waals surface area contributed by atoms with Gasteiger partial charge in [-0.25, -0.2) is 4.79 Å². The summed E-state index contributed by atoms with van der Waals surface area (Å²) in [5.41, 5.74) is 3.62. The molecule has 2 aromatic rings. The van der Waals surface area contributed by atoms with Crippen LogP contribution in [-0.4, -0.2) is 66.8 Å². The van der Waals surface area contributed by atoms with Gasteiger partial charge in [0.25, 0.3) is 0 Å². The molecule has 0 radical (unpaired) electrons. The van der Waals surface area contributed by atoms with Crippen molar-refractivity contribution in [2.45, 2.75) is 58.3 Å². The molecule has 0 spiro atoms. The number of anilines is 1. The van der Waals surface area contributed by atoms with Crippen LogP contribution in [0.3, 0.4) is 0 Å². The summed E-state index contributed by atoms with van der Waals surface area (Å²) in [5, 5.41) is 56.2. The normalized spacial score (nSPS) is 35.1. The zero-order valence-corrected chi connectivity index (χ0v) is 24.3. The number of hydrogen-bond acceptors (Lipinski definition) is 10. The maximum Gasteiger partial charge on any atom is 0.335 e. The predicted molar refractivity (Wildman–Crippen MR) is 154 cm³/mol. The Morgan fingerprint density at radius 1 is 1.12 bits per heavy atom. The number of amides is 1. The molecule has 5 rings (SSSR count). The van der Waals surface area contributed by atoms with Crippen molar-refractivity contribution in [1.29, 1.82) is 0 Å². The number of hydrazine groups is 1. The number of hydrogen-bond donors (Lipinski definition) is 8. The lowest BCUT2D eigenvalue weighted by Crippen LogP contribution is -2.79. The fraction of sp³-hybridized carbons (Fsp3) is 0.484. The number of benzene rings is 2. The summed E-state index contributed by atoms with van der Waals surface area (Å²) >= 11 is 0. The highest BCUT2D eigenvalue weighted by Crippen LogP contribution is 2.66. The van der Waals surface area contributed by atoms with E-state index in [9.17, 15) is 44.7 Å². The number of aromatic carboxylic acids is 1. The minimum atomic E-state index is -2.63. The number of phenolic OH excluding ortho intramolecular Hbond substituents is 1. The predicted octanol–water partition coefficient (Wildman–Crippen LogP) is 1.22. The number of carboxylic acids is 1. The van der Waals surface area contributed by atoms with E-state index in [-0.39, 0.29) is 35.6 Å². The zero-order valence-electron chi connectivity index (χ0n) is 24.3. The van der Waals surface area contributed by atoms with E-state index < -0.39 is 75.6 Å². The molecule has 0 saturated heterocycles. The second-order valence-electron chi connectivity index (χ2n) is 13.2. The van der Waals surface area contributed by atoms with Crippen molar-refractivity contribution in [2.75, 3.05) is 5.43 Å². The molecule has 2 unspecified atom stereocenters. The molecule has 3 aliphatic carbocycles. The van der Waals surface area contributed by atoms with E-state index >= 15 is 0 Å². The van der Waals surface area contributed by atoms with Crippen LogP contribution in [-0.2, 0) is 16.0 Å². The molecule has 3 aliphatic rings. The minimum absolute atomic E-state index is 0.00282. The Kier molecular flexibility index (Phi) is 7.01. The third-order valence-electron chi connectivity index (χ3n) is 10.4. The summed E-state index contributed by atoms with van der Waals surface area (Å²) in [6, 6.07) is 7.55. The van der Waals surface area contributed by atoms with Crippen LogP contribution in [0.4, 0.5) is 5.69 Å². The lowest BCUT2D eigenvalue weighted by atomic mass is 9.39. The van der Waals surface area contributed by atoms with E-state index in [2.05, 4.69) is 5.43 Å². The van der Waals surface area contributed by atoms with Crippen LogP contribution in [0.2, 0.25) is 0 Å². The van der Waals surface area contributed by atoms with Gasteiger partial charge in [0.05, 0.1) is 28.8 Å². The number of carbonyl (C=O) groups is 4. The molecule has 12 nitrogen and oxygen atoms in total. The van der Waals surface area contributed by atoms with Crippen LogP contribution in [0.1, 0.15) is 60.4 Å². The van der Waals surface area contributed by atoms with Crippen LogP contribution in [0.25, 0.3) is 11.1 Å². The molecule has 2 aromatic carbocycles. The number of phenols is 1. The lowest BCUT2D eigenvalue weighted by molar-refractivity contribution is -0.265. The van der Waals surface area contributed by atoms with Crippen LogP contribution in [0.5, 0.6) is 5.75 Å². The Balaban J connectivity index is 1.77. The van der Waals surface area contributed by atoms with Gasteiger partial charge in [0.2, 0.25) is 5.91 Å². The number of carboxylic acid groups (broad SMARTS) is 1. The number of Topliss-reactive ketones (excluding diaryl/α,β-unsaturated/α-hetero) is 2. The molecular weight excluding hydrogens is 558 g/mol. The van der Waals surface area contributed by atoms with E-state index in [1.807, 2.05) is 0 Å². The fourth-order valence-corrected chi connectivity index (χ4v) is 8.79. The van der Waals surface area contributed by atoms with Crippen molar-refractivity contribution in [2.24, 2.45) is 46.1 Å². The summed E-state index contributed by atoms with van der Waals surface area (Å²) in [4.78, 5) is 52.3. The molecule has 2 saturated carbocycles. The number of aliphatic hydroxyl groups excluding tert-OH is 2. The van der Waals surface area contributed by atoms with Crippen LogP contribution >= 0.6 is 0 Å². The van der Waals surface area contributed by atoms with Gasteiger partial charge in [0.1, 0.15) is 12.0 Å². The van der Waals surface area contributed by atoms with Crippen LogP contribution in [0.15, 0.2) is 30.3 Å². The molecule has 10 N–H and O–H groups in total. The minimum Gasteiger partial charge on any atom is -0.505 e. The van der Waals surface area contributed by atoms with Crippen molar-refractivity contribution in [3.05, 3.63) is 47.0 Å². The molecule has 0 aliphatic heterocycles. The fourth-order valence-electron chi connectivity index (χ4n) is 8.79. The number of nitrogen functional groups attached to an aromatic ring is 1. The molecule has 2 fully saturated rings.